The van der Waals surface area contributed by atoms with Gasteiger partial charge in [0.15, 0.2) is 0 Å². The molecule has 2 N–H and O–H groups in total. The summed E-state index contributed by atoms with van der Waals surface area (Å²) in [6, 6.07) is 11.4. The average molecular weight is 486 g/mol. The van der Waals surface area contributed by atoms with Crippen LogP contribution in [-0.2, 0) is 16.0 Å². The van der Waals surface area contributed by atoms with Crippen LogP contribution >= 0.6 is 11.6 Å². The van der Waals surface area contributed by atoms with Crippen molar-refractivity contribution in [2.75, 3.05) is 70.7 Å². The summed E-state index contributed by atoms with van der Waals surface area (Å²) in [6.07, 6.45) is 1.02. The Hall–Kier alpha value is -2.81. The van der Waals surface area contributed by atoms with Crippen molar-refractivity contribution in [3.8, 4) is 5.75 Å². The third-order valence-electron chi connectivity index (χ3n) is 6.67. The Morgan fingerprint density at radius 1 is 1.03 bits per heavy atom. The van der Waals surface area contributed by atoms with Gasteiger partial charge in [-0.15, -0.1) is 0 Å². The molecule has 9 heteroatoms. The first-order valence-corrected chi connectivity index (χ1v) is 11.9. The summed E-state index contributed by atoms with van der Waals surface area (Å²) in [5.41, 5.74) is 4.11. The molecule has 0 radical (unpaired) electrons. The molecule has 2 aliphatic rings. The number of halogens is 1. The van der Waals surface area contributed by atoms with Gasteiger partial charge < -0.3 is 25.2 Å². The molecule has 8 nitrogen and oxygen atoms in total. The van der Waals surface area contributed by atoms with Crippen molar-refractivity contribution in [3.05, 3.63) is 52.5 Å². The van der Waals surface area contributed by atoms with E-state index in [-0.39, 0.29) is 6.04 Å². The molecule has 1 fully saturated rings. The minimum absolute atomic E-state index is 0.0117. The Morgan fingerprint density at radius 2 is 1.79 bits per heavy atom. The van der Waals surface area contributed by atoms with Crippen molar-refractivity contribution in [1.82, 2.24) is 15.1 Å². The molecule has 0 aliphatic carbocycles. The third kappa shape index (κ3) is 5.46. The van der Waals surface area contributed by atoms with Gasteiger partial charge in [-0.25, -0.2) is 0 Å². The van der Waals surface area contributed by atoms with Gasteiger partial charge >= 0.3 is 11.8 Å². The minimum atomic E-state index is -0.756. The molecule has 0 spiro atoms. The lowest BCUT2D eigenvalue weighted by Crippen LogP contribution is -2.49. The number of amides is 2. The van der Waals surface area contributed by atoms with E-state index < -0.39 is 11.8 Å². The van der Waals surface area contributed by atoms with Crippen molar-refractivity contribution >= 4 is 34.8 Å². The van der Waals surface area contributed by atoms with E-state index in [1.54, 1.807) is 18.2 Å². The number of methoxy groups -OCH3 is 1. The average Bonchev–Trinajstić information content (AvgIpc) is 3.20. The minimum Gasteiger partial charge on any atom is -0.495 e. The normalized spacial score (nSPS) is 17.2. The van der Waals surface area contributed by atoms with Crippen molar-refractivity contribution in [1.29, 1.82) is 0 Å². The summed E-state index contributed by atoms with van der Waals surface area (Å²) in [5, 5.41) is 5.89. The number of nitrogens with one attached hydrogen (secondary N) is 2. The summed E-state index contributed by atoms with van der Waals surface area (Å²) in [7, 11) is 5.72. The molecule has 2 aromatic rings. The fraction of sp³-hybridized carbons (Fsp3) is 0.440. The van der Waals surface area contributed by atoms with Crippen LogP contribution in [0, 0.1) is 0 Å². The number of likely N-dealkylation sites (N-methyl/N-ethyl adjacent to an activating group) is 2. The van der Waals surface area contributed by atoms with Crippen molar-refractivity contribution in [2.24, 2.45) is 0 Å². The second-order valence-corrected chi connectivity index (χ2v) is 9.36. The third-order valence-corrected chi connectivity index (χ3v) is 6.90. The molecular formula is C25H32ClN5O3. The number of carbonyl (C=O) groups excluding carboxylic acids is 2. The van der Waals surface area contributed by atoms with Crippen LogP contribution in [0.5, 0.6) is 5.75 Å². The Balaban J connectivity index is 1.47. The molecule has 2 aromatic carbocycles. The number of rotatable bonds is 6. The topological polar surface area (TPSA) is 77.1 Å². The van der Waals surface area contributed by atoms with E-state index in [9.17, 15) is 9.59 Å². The molecule has 1 unspecified atom stereocenters. The number of hydrogen-bond acceptors (Lipinski definition) is 6. The fourth-order valence-electron chi connectivity index (χ4n) is 4.61. The molecule has 1 saturated heterocycles. The second-order valence-electron chi connectivity index (χ2n) is 8.92. The van der Waals surface area contributed by atoms with Crippen LogP contribution in [0.3, 0.4) is 0 Å². The lowest BCUT2D eigenvalue weighted by molar-refractivity contribution is -0.136. The molecule has 34 heavy (non-hydrogen) atoms. The van der Waals surface area contributed by atoms with Crippen molar-refractivity contribution < 1.29 is 14.3 Å². The fourth-order valence-corrected chi connectivity index (χ4v) is 4.78. The zero-order chi connectivity index (χ0) is 24.2. The second kappa shape index (κ2) is 10.6. The van der Waals surface area contributed by atoms with Crippen LogP contribution in [0.1, 0.15) is 17.2 Å². The van der Waals surface area contributed by atoms with Crippen LogP contribution in [0.2, 0.25) is 5.02 Å². The van der Waals surface area contributed by atoms with Crippen molar-refractivity contribution in [2.45, 2.75) is 12.5 Å². The molecule has 0 saturated carbocycles. The number of nitrogens with zero attached hydrogens (tertiary/aromatic N) is 3. The van der Waals surface area contributed by atoms with Gasteiger partial charge in [-0.3, -0.25) is 14.5 Å². The maximum Gasteiger partial charge on any atom is 0.313 e. The Labute approximate surface area is 205 Å². The van der Waals surface area contributed by atoms with Gasteiger partial charge in [-0.05, 0) is 48.9 Å². The quantitative estimate of drug-likeness (QED) is 0.612. The molecule has 2 aliphatic heterocycles. The summed E-state index contributed by atoms with van der Waals surface area (Å²) in [4.78, 5) is 32.3. The predicted octanol–water partition coefficient (Wildman–Crippen LogP) is 2.38. The molecule has 4 rings (SSSR count). The van der Waals surface area contributed by atoms with Gasteiger partial charge in [-0.2, -0.15) is 0 Å². The summed E-state index contributed by atoms with van der Waals surface area (Å²) in [5.74, 6) is -1.01. The van der Waals surface area contributed by atoms with Crippen LogP contribution in [0.15, 0.2) is 36.4 Å². The number of fused-ring (bicyclic) bond motifs is 1. The van der Waals surface area contributed by atoms with Crippen LogP contribution in [-0.4, -0.2) is 82.1 Å². The number of hydrogen-bond donors (Lipinski definition) is 2. The van der Waals surface area contributed by atoms with Gasteiger partial charge in [-0.1, -0.05) is 23.7 Å². The van der Waals surface area contributed by atoms with Crippen LogP contribution in [0.25, 0.3) is 0 Å². The maximum absolute atomic E-state index is 12.7. The van der Waals surface area contributed by atoms with Gasteiger partial charge in [0.05, 0.1) is 18.8 Å². The van der Waals surface area contributed by atoms with E-state index >= 15 is 0 Å². The summed E-state index contributed by atoms with van der Waals surface area (Å²) >= 11 is 6.03. The zero-order valence-electron chi connectivity index (χ0n) is 19.9. The van der Waals surface area contributed by atoms with Gasteiger partial charge in [0.25, 0.3) is 0 Å². The number of benzene rings is 2. The first-order valence-electron chi connectivity index (χ1n) is 11.5. The van der Waals surface area contributed by atoms with E-state index in [0.717, 1.165) is 44.7 Å². The predicted molar refractivity (Wildman–Crippen MR) is 135 cm³/mol. The Bertz CT molecular complexity index is 1050. The number of piperazine rings is 1. The first-order chi connectivity index (χ1) is 16.4. The van der Waals surface area contributed by atoms with Gasteiger partial charge in [0, 0.05) is 57.0 Å². The molecule has 2 amide bonds. The summed E-state index contributed by atoms with van der Waals surface area (Å²) < 4.78 is 5.25. The number of anilines is 2. The van der Waals surface area contributed by atoms with Crippen molar-refractivity contribution in [3.63, 3.8) is 0 Å². The zero-order valence-corrected chi connectivity index (χ0v) is 20.7. The molecule has 2 heterocycles. The molecule has 0 bridgehead atoms. The van der Waals surface area contributed by atoms with Crippen LogP contribution < -0.4 is 20.3 Å². The number of ether oxygens (including phenoxy) is 1. The largest absolute Gasteiger partial charge is 0.495 e. The molecule has 1 atom stereocenters. The molecule has 0 aromatic heterocycles. The highest BCUT2D eigenvalue weighted by molar-refractivity contribution is 6.40. The monoisotopic (exact) mass is 485 g/mol. The number of carbonyl (C=O) groups is 2. The van der Waals surface area contributed by atoms with Gasteiger partial charge in [0.1, 0.15) is 5.75 Å². The van der Waals surface area contributed by atoms with E-state index in [4.69, 9.17) is 16.3 Å². The van der Waals surface area contributed by atoms with Gasteiger partial charge in [0.2, 0.25) is 0 Å². The van der Waals surface area contributed by atoms with E-state index in [1.807, 2.05) is 0 Å². The molecule has 182 valence electrons. The Kier molecular flexibility index (Phi) is 7.60. The lowest BCUT2D eigenvalue weighted by Gasteiger charge is -2.38. The highest BCUT2D eigenvalue weighted by Crippen LogP contribution is 2.31. The summed E-state index contributed by atoms with van der Waals surface area (Å²) in [6.45, 7) is 5.10. The highest BCUT2D eigenvalue weighted by Gasteiger charge is 2.27. The smallest absolute Gasteiger partial charge is 0.313 e. The van der Waals surface area contributed by atoms with E-state index in [2.05, 4.69) is 57.6 Å². The molecular weight excluding hydrogens is 454 g/mol. The maximum atomic E-state index is 12.7. The lowest BCUT2D eigenvalue weighted by atomic mass is 10.00. The van der Waals surface area contributed by atoms with Crippen LogP contribution in [0.4, 0.5) is 11.4 Å². The standard InChI is InChI=1S/C25H32ClN5O3/c1-29-10-12-31(13-11-29)22(17-4-6-21-18(14-17)8-9-30(21)2)16-27-24(32)25(33)28-20-15-19(26)5-7-23(20)34-3/h4-7,14-15,22H,8-13,16H2,1-3H3,(H,27,32)(H,28,33). The van der Waals surface area contributed by atoms with E-state index in [0.29, 0.717) is 23.0 Å². The van der Waals surface area contributed by atoms with E-state index in [1.165, 1.54) is 18.4 Å². The SMILES string of the molecule is COc1ccc(Cl)cc1NC(=O)C(=O)NCC(c1ccc2c(c1)CCN2C)N1CCN(C)CC1. The first kappa shape index (κ1) is 24.3. The Morgan fingerprint density at radius 3 is 2.53 bits per heavy atom. The highest BCUT2D eigenvalue weighted by atomic mass is 35.5.